The molecular formula is C24H21ClF3N3O5. The van der Waals surface area contributed by atoms with Crippen LogP contribution >= 0.6 is 11.6 Å². The molecule has 2 fully saturated rings. The van der Waals surface area contributed by atoms with Crippen LogP contribution in [0, 0.1) is 17.5 Å². The molecule has 5 rings (SSSR count). The van der Waals surface area contributed by atoms with Crippen molar-refractivity contribution in [3.05, 3.63) is 70.5 Å². The molecule has 36 heavy (non-hydrogen) atoms. The molecule has 3 aromatic rings. The van der Waals surface area contributed by atoms with E-state index in [1.165, 1.54) is 12.6 Å². The number of hydrogen-bond donors (Lipinski definition) is 2. The number of carbonyl (C=O) groups is 2. The number of hydrogen-bond acceptors (Lipinski definition) is 6. The zero-order valence-electron chi connectivity index (χ0n) is 18.8. The van der Waals surface area contributed by atoms with Crippen LogP contribution in [-0.2, 0) is 11.3 Å². The molecule has 0 aliphatic carbocycles. The molecule has 0 bridgehead atoms. The Morgan fingerprint density at radius 1 is 1.17 bits per heavy atom. The number of phenols is 1. The molecular weight excluding hydrogens is 503 g/mol. The number of piperidine rings is 1. The van der Waals surface area contributed by atoms with Gasteiger partial charge in [0.2, 0.25) is 0 Å². The summed E-state index contributed by atoms with van der Waals surface area (Å²) < 4.78 is 50.9. The maximum Gasteiger partial charge on any atom is 0.410 e. The lowest BCUT2D eigenvalue weighted by atomic mass is 10.0. The first-order valence-electron chi connectivity index (χ1n) is 11.0. The normalized spacial score (nSPS) is 16.6. The second-order valence-corrected chi connectivity index (χ2v) is 8.57. The van der Waals surface area contributed by atoms with Crippen molar-refractivity contribution in [1.29, 1.82) is 0 Å². The Bertz CT molecular complexity index is 1250. The SMILES string of the molecule is O=C(NCc1cc(F)c(Cl)c(F)c1)c1cc(O)c(-c2cnco2)cc1F.O=C1OCC2CCCCN12. The van der Waals surface area contributed by atoms with Gasteiger partial charge in [0.05, 0.1) is 23.4 Å². The molecule has 2 saturated heterocycles. The predicted octanol–water partition coefficient (Wildman–Crippen LogP) is 5.04. The number of phenolic OH excluding ortho intramolecular Hbond substituents is 1. The highest BCUT2D eigenvalue weighted by atomic mass is 35.5. The molecule has 2 aromatic carbocycles. The number of oxazole rings is 1. The molecule has 1 atom stereocenters. The fourth-order valence-corrected chi connectivity index (χ4v) is 4.04. The van der Waals surface area contributed by atoms with Gasteiger partial charge in [-0.25, -0.2) is 22.9 Å². The van der Waals surface area contributed by atoms with E-state index in [0.717, 1.165) is 50.0 Å². The Kier molecular flexibility index (Phi) is 7.68. The average Bonchev–Trinajstić information content (AvgIpc) is 3.53. The number of carbonyl (C=O) groups excluding carboxylic acids is 2. The van der Waals surface area contributed by atoms with Crippen LogP contribution in [0.4, 0.5) is 18.0 Å². The van der Waals surface area contributed by atoms with E-state index in [9.17, 15) is 27.9 Å². The van der Waals surface area contributed by atoms with Crippen molar-refractivity contribution < 1.29 is 37.0 Å². The third-order valence-corrected chi connectivity index (χ3v) is 6.15. The maximum atomic E-state index is 14.2. The minimum atomic E-state index is -0.976. The quantitative estimate of drug-likeness (QED) is 0.464. The van der Waals surface area contributed by atoms with E-state index in [-0.39, 0.29) is 29.5 Å². The molecule has 1 aromatic heterocycles. The van der Waals surface area contributed by atoms with Gasteiger partial charge in [0.1, 0.15) is 34.8 Å². The van der Waals surface area contributed by atoms with Crippen LogP contribution in [0.25, 0.3) is 11.3 Å². The molecule has 2 N–H and O–H groups in total. The minimum absolute atomic E-state index is 0.0263. The fraction of sp³-hybridized carbons (Fsp3) is 0.292. The molecule has 3 heterocycles. The van der Waals surface area contributed by atoms with Gasteiger partial charge in [0.25, 0.3) is 5.91 Å². The predicted molar refractivity (Wildman–Crippen MR) is 122 cm³/mol. The largest absolute Gasteiger partial charge is 0.507 e. The number of aromatic hydroxyl groups is 1. The second-order valence-electron chi connectivity index (χ2n) is 8.19. The highest BCUT2D eigenvalue weighted by Crippen LogP contribution is 2.31. The Morgan fingerprint density at radius 2 is 1.92 bits per heavy atom. The van der Waals surface area contributed by atoms with Gasteiger partial charge in [0, 0.05) is 13.1 Å². The van der Waals surface area contributed by atoms with E-state index in [0.29, 0.717) is 12.6 Å². The summed E-state index contributed by atoms with van der Waals surface area (Å²) in [6, 6.07) is 4.15. The van der Waals surface area contributed by atoms with E-state index in [4.69, 9.17) is 20.8 Å². The molecule has 2 aliphatic heterocycles. The summed E-state index contributed by atoms with van der Waals surface area (Å²) in [4.78, 5) is 28.5. The van der Waals surface area contributed by atoms with Crippen molar-refractivity contribution >= 4 is 23.6 Å². The number of nitrogens with zero attached hydrogens (tertiary/aromatic N) is 2. The van der Waals surface area contributed by atoms with Gasteiger partial charge < -0.3 is 24.5 Å². The Morgan fingerprint density at radius 3 is 2.58 bits per heavy atom. The minimum Gasteiger partial charge on any atom is -0.507 e. The summed E-state index contributed by atoms with van der Waals surface area (Å²) in [5.41, 5.74) is -0.320. The number of rotatable bonds is 4. The van der Waals surface area contributed by atoms with Crippen LogP contribution in [0.2, 0.25) is 5.02 Å². The highest BCUT2D eigenvalue weighted by molar-refractivity contribution is 6.30. The number of fused-ring (bicyclic) bond motifs is 1. The van der Waals surface area contributed by atoms with E-state index in [2.05, 4.69) is 10.3 Å². The van der Waals surface area contributed by atoms with Gasteiger partial charge in [-0.05, 0) is 49.1 Å². The zero-order chi connectivity index (χ0) is 25.8. The van der Waals surface area contributed by atoms with E-state index >= 15 is 0 Å². The van der Waals surface area contributed by atoms with Gasteiger partial charge in [-0.15, -0.1) is 0 Å². The van der Waals surface area contributed by atoms with Crippen LogP contribution in [0.1, 0.15) is 35.2 Å². The molecule has 0 saturated carbocycles. The monoisotopic (exact) mass is 523 g/mol. The van der Waals surface area contributed by atoms with Crippen LogP contribution < -0.4 is 5.32 Å². The summed E-state index contributed by atoms with van der Waals surface area (Å²) in [5, 5.41) is 11.6. The van der Waals surface area contributed by atoms with Crippen LogP contribution in [0.5, 0.6) is 5.75 Å². The molecule has 2 amide bonds. The second kappa shape index (κ2) is 10.9. The zero-order valence-corrected chi connectivity index (χ0v) is 19.5. The molecule has 2 aliphatic rings. The van der Waals surface area contributed by atoms with Crippen LogP contribution in [0.15, 0.2) is 41.3 Å². The maximum absolute atomic E-state index is 14.2. The first-order chi connectivity index (χ1) is 17.2. The third kappa shape index (κ3) is 5.56. The first-order valence-corrected chi connectivity index (χ1v) is 11.4. The molecule has 8 nitrogen and oxygen atoms in total. The Balaban J connectivity index is 0.000000251. The summed E-state index contributed by atoms with van der Waals surface area (Å²) in [7, 11) is 0. The molecule has 0 radical (unpaired) electrons. The molecule has 0 spiro atoms. The lowest BCUT2D eigenvalue weighted by Crippen LogP contribution is -2.37. The molecule has 190 valence electrons. The first kappa shape index (κ1) is 25.4. The number of benzene rings is 2. The lowest BCUT2D eigenvalue weighted by Gasteiger charge is -2.25. The van der Waals surface area contributed by atoms with Gasteiger partial charge in [-0.2, -0.15) is 0 Å². The number of aromatic nitrogens is 1. The number of amides is 2. The fourth-order valence-electron chi connectivity index (χ4n) is 3.93. The Hall–Kier alpha value is -3.73. The van der Waals surface area contributed by atoms with Gasteiger partial charge in [0.15, 0.2) is 12.2 Å². The van der Waals surface area contributed by atoms with Crippen molar-refractivity contribution in [3.63, 3.8) is 0 Å². The number of nitrogens with one attached hydrogen (secondary N) is 1. The highest BCUT2D eigenvalue weighted by Gasteiger charge is 2.34. The number of ether oxygens (including phenoxy) is 1. The van der Waals surface area contributed by atoms with Crippen molar-refractivity contribution in [2.24, 2.45) is 0 Å². The smallest absolute Gasteiger partial charge is 0.410 e. The third-order valence-electron chi connectivity index (χ3n) is 5.79. The van der Waals surface area contributed by atoms with Gasteiger partial charge >= 0.3 is 6.09 Å². The average molecular weight is 524 g/mol. The van der Waals surface area contributed by atoms with E-state index < -0.39 is 39.7 Å². The Labute approximate surface area is 208 Å². The van der Waals surface area contributed by atoms with Crippen molar-refractivity contribution in [2.75, 3.05) is 13.2 Å². The summed E-state index contributed by atoms with van der Waals surface area (Å²) in [6.45, 7) is 1.26. The van der Waals surface area contributed by atoms with Crippen LogP contribution in [-0.4, -0.2) is 46.2 Å². The topological polar surface area (TPSA) is 105 Å². The number of cyclic esters (lactones) is 1. The summed E-state index contributed by atoms with van der Waals surface area (Å²) in [6.07, 6.45) is 5.80. The molecule has 1 unspecified atom stereocenters. The standard InChI is InChI=1S/C17H10ClF3N2O3.C7H11NO2/c18-16-12(20)1-8(2-13(16)21)5-23-17(25)9-4-14(24)10(3-11(9)19)15-6-22-7-26-15;9-7-8-4-2-1-3-6(8)5-10-7/h1-4,6-7,24H,5H2,(H,23,25);6H,1-5H2. The van der Waals surface area contributed by atoms with Crippen LogP contribution in [0.3, 0.4) is 0 Å². The summed E-state index contributed by atoms with van der Waals surface area (Å²) in [5.74, 6) is -4.01. The van der Waals surface area contributed by atoms with Gasteiger partial charge in [-0.3, -0.25) is 4.79 Å². The van der Waals surface area contributed by atoms with Gasteiger partial charge in [-0.1, -0.05) is 11.6 Å². The lowest BCUT2D eigenvalue weighted by molar-refractivity contribution is 0.0946. The summed E-state index contributed by atoms with van der Waals surface area (Å²) >= 11 is 5.38. The number of halogens is 4. The van der Waals surface area contributed by atoms with Crippen molar-refractivity contribution in [2.45, 2.75) is 31.8 Å². The molecule has 12 heteroatoms. The van der Waals surface area contributed by atoms with Crippen molar-refractivity contribution in [1.82, 2.24) is 15.2 Å². The van der Waals surface area contributed by atoms with E-state index in [1.807, 2.05) is 4.90 Å². The van der Waals surface area contributed by atoms with Crippen molar-refractivity contribution in [3.8, 4) is 17.1 Å². The van der Waals surface area contributed by atoms with E-state index in [1.54, 1.807) is 0 Å².